The standard InChI is InChI=1S/C20H20N6O3/c27-17-9-2-1-6-15(17)13-22-26-20(29)18(23-24-26)19(28)25-11-4-3-8-16(25)14-7-5-10-21-12-14/h1-2,5-7,9-10,12-13,16,24,27H,3-4,8,11H2. The minimum atomic E-state index is -0.641. The van der Waals surface area contributed by atoms with Crippen LogP contribution < -0.4 is 5.56 Å². The number of aromatic hydroxyl groups is 1. The van der Waals surface area contributed by atoms with Crippen LogP contribution in [0, 0.1) is 0 Å². The van der Waals surface area contributed by atoms with Crippen molar-refractivity contribution in [3.63, 3.8) is 0 Å². The second-order valence-corrected chi connectivity index (χ2v) is 6.78. The topological polar surface area (TPSA) is 116 Å². The van der Waals surface area contributed by atoms with Crippen molar-refractivity contribution in [3.05, 3.63) is 76.0 Å². The highest BCUT2D eigenvalue weighted by Gasteiger charge is 2.32. The third kappa shape index (κ3) is 3.79. The van der Waals surface area contributed by atoms with E-state index in [2.05, 4.69) is 20.4 Å². The van der Waals surface area contributed by atoms with Gasteiger partial charge in [-0.1, -0.05) is 18.2 Å². The number of likely N-dealkylation sites (tertiary alicyclic amines) is 1. The van der Waals surface area contributed by atoms with Gasteiger partial charge >= 0.3 is 5.56 Å². The number of amides is 1. The van der Waals surface area contributed by atoms with Gasteiger partial charge in [-0.2, -0.15) is 10.3 Å². The van der Waals surface area contributed by atoms with Crippen molar-refractivity contribution in [2.45, 2.75) is 25.3 Å². The molecule has 2 aromatic heterocycles. The van der Waals surface area contributed by atoms with Gasteiger partial charge in [0.2, 0.25) is 5.69 Å². The van der Waals surface area contributed by atoms with Crippen LogP contribution in [0.1, 0.15) is 46.9 Å². The van der Waals surface area contributed by atoms with Gasteiger partial charge in [0.1, 0.15) is 5.75 Å². The zero-order chi connectivity index (χ0) is 20.2. The van der Waals surface area contributed by atoms with Crippen LogP contribution in [0.3, 0.4) is 0 Å². The molecule has 4 rings (SSSR count). The number of phenolic OH excluding ortho intramolecular Hbond substituents is 1. The lowest BCUT2D eigenvalue weighted by molar-refractivity contribution is 0.0603. The number of hydrogen-bond donors (Lipinski definition) is 2. The number of aromatic nitrogens is 4. The molecule has 1 aromatic carbocycles. The molecule has 1 unspecified atom stereocenters. The average molecular weight is 392 g/mol. The zero-order valence-electron chi connectivity index (χ0n) is 15.6. The van der Waals surface area contributed by atoms with Crippen molar-refractivity contribution in [2.75, 3.05) is 6.54 Å². The van der Waals surface area contributed by atoms with Gasteiger partial charge in [-0.25, -0.2) is 0 Å². The minimum absolute atomic E-state index is 0.0349. The Hall–Kier alpha value is -3.75. The fourth-order valence-electron chi connectivity index (χ4n) is 3.46. The second kappa shape index (κ2) is 8.09. The van der Waals surface area contributed by atoms with E-state index in [9.17, 15) is 14.7 Å². The van der Waals surface area contributed by atoms with Gasteiger partial charge < -0.3 is 10.0 Å². The Kier molecular flexibility index (Phi) is 5.19. The maximum atomic E-state index is 13.1. The summed E-state index contributed by atoms with van der Waals surface area (Å²) in [6.07, 6.45) is 7.43. The summed E-state index contributed by atoms with van der Waals surface area (Å²) in [5.74, 6) is -0.399. The first-order valence-corrected chi connectivity index (χ1v) is 9.36. The first kappa shape index (κ1) is 18.6. The van der Waals surface area contributed by atoms with Crippen LogP contribution in [0.15, 0.2) is 58.7 Å². The predicted molar refractivity (Wildman–Crippen MR) is 106 cm³/mol. The molecule has 2 N–H and O–H groups in total. The molecule has 0 saturated carbocycles. The normalized spacial score (nSPS) is 17.0. The number of H-pyrrole nitrogens is 1. The molecule has 9 nitrogen and oxygen atoms in total. The molecule has 1 amide bonds. The SMILES string of the molecule is O=C(c1n[nH]n(N=Cc2ccccc2O)c1=O)N1CCCCC1c1cccnc1. The van der Waals surface area contributed by atoms with Crippen LogP contribution in [-0.2, 0) is 0 Å². The van der Waals surface area contributed by atoms with E-state index in [1.165, 1.54) is 12.3 Å². The van der Waals surface area contributed by atoms with E-state index in [1.807, 2.05) is 12.1 Å². The molecule has 1 aliphatic rings. The lowest BCUT2D eigenvalue weighted by Gasteiger charge is -2.35. The van der Waals surface area contributed by atoms with Crippen molar-refractivity contribution < 1.29 is 9.90 Å². The number of para-hydroxylation sites is 1. The first-order valence-electron chi connectivity index (χ1n) is 9.36. The Morgan fingerprint density at radius 1 is 1.24 bits per heavy atom. The van der Waals surface area contributed by atoms with Crippen LogP contribution in [-0.4, -0.2) is 48.8 Å². The van der Waals surface area contributed by atoms with E-state index in [1.54, 1.807) is 35.5 Å². The summed E-state index contributed by atoms with van der Waals surface area (Å²) in [6, 6.07) is 10.2. The number of benzene rings is 1. The highest BCUT2D eigenvalue weighted by molar-refractivity contribution is 5.92. The van der Waals surface area contributed by atoms with E-state index in [-0.39, 0.29) is 17.5 Å². The molecule has 0 radical (unpaired) electrons. The third-order valence-electron chi connectivity index (χ3n) is 4.94. The number of carbonyl (C=O) groups is 1. The lowest BCUT2D eigenvalue weighted by Crippen LogP contribution is -2.40. The molecular weight excluding hydrogens is 372 g/mol. The molecule has 0 spiro atoms. The van der Waals surface area contributed by atoms with Crippen molar-refractivity contribution >= 4 is 12.1 Å². The second-order valence-electron chi connectivity index (χ2n) is 6.78. The van der Waals surface area contributed by atoms with E-state index >= 15 is 0 Å². The Morgan fingerprint density at radius 3 is 2.90 bits per heavy atom. The molecule has 1 aliphatic heterocycles. The highest BCUT2D eigenvalue weighted by Crippen LogP contribution is 2.31. The Bertz CT molecular complexity index is 1090. The van der Waals surface area contributed by atoms with Crippen LogP contribution in [0.4, 0.5) is 0 Å². The van der Waals surface area contributed by atoms with E-state index in [0.717, 1.165) is 29.6 Å². The maximum absolute atomic E-state index is 13.1. The molecular formula is C20H20N6O3. The smallest absolute Gasteiger partial charge is 0.320 e. The van der Waals surface area contributed by atoms with E-state index < -0.39 is 11.5 Å². The number of nitrogens with one attached hydrogen (secondary N) is 1. The minimum Gasteiger partial charge on any atom is -0.507 e. The molecule has 9 heteroatoms. The number of piperidine rings is 1. The number of rotatable bonds is 4. The molecule has 1 saturated heterocycles. The van der Waals surface area contributed by atoms with E-state index in [4.69, 9.17) is 0 Å². The van der Waals surface area contributed by atoms with Crippen molar-refractivity contribution in [2.24, 2.45) is 5.10 Å². The molecule has 1 fully saturated rings. The van der Waals surface area contributed by atoms with Crippen LogP contribution >= 0.6 is 0 Å². The van der Waals surface area contributed by atoms with Gasteiger partial charge in [0.25, 0.3) is 5.91 Å². The largest absolute Gasteiger partial charge is 0.507 e. The van der Waals surface area contributed by atoms with Gasteiger partial charge in [-0.05, 0) is 43.0 Å². The first-order chi connectivity index (χ1) is 14.1. The van der Waals surface area contributed by atoms with Crippen molar-refractivity contribution in [3.8, 4) is 5.75 Å². The Labute approximate surface area is 166 Å². The number of nitrogens with zero attached hydrogens (tertiary/aromatic N) is 5. The molecule has 1 atom stereocenters. The van der Waals surface area contributed by atoms with E-state index in [0.29, 0.717) is 12.1 Å². The summed E-state index contributed by atoms with van der Waals surface area (Å²) >= 11 is 0. The van der Waals surface area contributed by atoms with Crippen molar-refractivity contribution in [1.29, 1.82) is 0 Å². The molecule has 3 aromatic rings. The Balaban J connectivity index is 1.59. The maximum Gasteiger partial charge on any atom is 0.320 e. The highest BCUT2D eigenvalue weighted by atomic mass is 16.3. The van der Waals surface area contributed by atoms with Gasteiger partial charge in [-0.15, -0.1) is 9.89 Å². The molecule has 0 bridgehead atoms. The number of hydrogen-bond acceptors (Lipinski definition) is 6. The summed E-state index contributed by atoms with van der Waals surface area (Å²) < 4.78 is 0. The van der Waals surface area contributed by atoms with Crippen LogP contribution in [0.5, 0.6) is 5.75 Å². The molecule has 0 aliphatic carbocycles. The fourth-order valence-corrected chi connectivity index (χ4v) is 3.46. The number of carbonyl (C=O) groups excluding carboxylic acids is 1. The van der Waals surface area contributed by atoms with Gasteiger partial charge in [0, 0.05) is 24.5 Å². The fraction of sp³-hybridized carbons (Fsp3) is 0.250. The van der Waals surface area contributed by atoms with Crippen molar-refractivity contribution in [1.82, 2.24) is 25.0 Å². The lowest BCUT2D eigenvalue weighted by atomic mass is 9.96. The summed E-state index contributed by atoms with van der Waals surface area (Å²) in [6.45, 7) is 0.547. The number of aromatic amines is 1. The molecule has 148 valence electrons. The Morgan fingerprint density at radius 2 is 2.10 bits per heavy atom. The van der Waals surface area contributed by atoms with Gasteiger partial charge in [0.05, 0.1) is 12.3 Å². The van der Waals surface area contributed by atoms with Gasteiger partial charge in [0.15, 0.2) is 0 Å². The predicted octanol–water partition coefficient (Wildman–Crippen LogP) is 1.92. The number of phenols is 1. The molecule has 29 heavy (non-hydrogen) atoms. The average Bonchev–Trinajstić information content (AvgIpc) is 3.13. The third-order valence-corrected chi connectivity index (χ3v) is 4.94. The monoisotopic (exact) mass is 392 g/mol. The zero-order valence-corrected chi connectivity index (χ0v) is 15.6. The summed E-state index contributed by atoms with van der Waals surface area (Å²) in [5, 5.41) is 20.1. The summed E-state index contributed by atoms with van der Waals surface area (Å²) in [4.78, 5) is 32.4. The quantitative estimate of drug-likeness (QED) is 0.658. The van der Waals surface area contributed by atoms with Gasteiger partial charge in [-0.3, -0.25) is 14.6 Å². The summed E-state index contributed by atoms with van der Waals surface area (Å²) in [7, 11) is 0. The molecule has 3 heterocycles. The van der Waals surface area contributed by atoms with Crippen LogP contribution in [0.25, 0.3) is 0 Å². The van der Waals surface area contributed by atoms with Crippen LogP contribution in [0.2, 0.25) is 0 Å². The number of pyridine rings is 1. The summed E-state index contributed by atoms with van der Waals surface area (Å²) in [5.41, 5.74) is 0.524.